The van der Waals surface area contributed by atoms with E-state index in [4.69, 9.17) is 0 Å². The summed E-state index contributed by atoms with van der Waals surface area (Å²) in [5.74, 6) is 0.536. The van der Waals surface area contributed by atoms with E-state index >= 15 is 0 Å². The van der Waals surface area contributed by atoms with Crippen molar-refractivity contribution in [3.05, 3.63) is 15.8 Å². The van der Waals surface area contributed by atoms with Crippen molar-refractivity contribution in [2.45, 2.75) is 45.1 Å². The van der Waals surface area contributed by atoms with Crippen molar-refractivity contribution in [1.82, 2.24) is 9.97 Å². The van der Waals surface area contributed by atoms with Crippen LogP contribution in [0.3, 0.4) is 0 Å². The van der Waals surface area contributed by atoms with Crippen LogP contribution in [-0.4, -0.2) is 38.7 Å². The molecular weight excluding hydrogens is 274 g/mol. The van der Waals surface area contributed by atoms with Gasteiger partial charge in [0.05, 0.1) is 17.1 Å². The first kappa shape index (κ1) is 15.4. The van der Waals surface area contributed by atoms with Crippen LogP contribution in [0.1, 0.15) is 38.3 Å². The number of anilines is 2. The fraction of sp³-hybridized carbons (Fsp3) is 0.692. The van der Waals surface area contributed by atoms with Gasteiger partial charge in [0.1, 0.15) is 5.69 Å². The minimum atomic E-state index is -0.519. The van der Waals surface area contributed by atoms with Crippen LogP contribution in [0.15, 0.2) is 0 Å². The van der Waals surface area contributed by atoms with Gasteiger partial charge in [0.25, 0.3) is 0 Å². The number of hydrogen-bond acceptors (Lipinski definition) is 7. The van der Waals surface area contributed by atoms with Gasteiger partial charge in [-0.3, -0.25) is 10.1 Å². The fourth-order valence-corrected chi connectivity index (χ4v) is 2.74. The van der Waals surface area contributed by atoms with Crippen LogP contribution < -0.4 is 10.6 Å². The number of aryl methyl sites for hydroxylation is 1. The molecule has 1 aromatic rings. The first-order valence-corrected chi connectivity index (χ1v) is 7.17. The highest BCUT2D eigenvalue weighted by Gasteiger charge is 2.36. The lowest BCUT2D eigenvalue weighted by atomic mass is 9.99. The Morgan fingerprint density at radius 2 is 2.05 bits per heavy atom. The lowest BCUT2D eigenvalue weighted by molar-refractivity contribution is -0.385. The van der Waals surface area contributed by atoms with Gasteiger partial charge < -0.3 is 15.7 Å². The molecule has 1 heterocycles. The number of aliphatic hydroxyl groups excluding tert-OH is 1. The van der Waals surface area contributed by atoms with Crippen molar-refractivity contribution >= 4 is 17.5 Å². The Balaban J connectivity index is 2.41. The lowest BCUT2D eigenvalue weighted by Gasteiger charge is -2.28. The van der Waals surface area contributed by atoms with Gasteiger partial charge in [-0.25, -0.2) is 4.98 Å². The third-order valence-electron chi connectivity index (χ3n) is 3.82. The third kappa shape index (κ3) is 3.21. The Morgan fingerprint density at radius 3 is 2.57 bits per heavy atom. The van der Waals surface area contributed by atoms with E-state index in [-0.39, 0.29) is 18.1 Å². The average Bonchev–Trinajstić information content (AvgIpc) is 2.87. The largest absolute Gasteiger partial charge is 0.394 e. The Bertz CT molecular complexity index is 529. The third-order valence-corrected chi connectivity index (χ3v) is 3.82. The van der Waals surface area contributed by atoms with E-state index in [1.807, 2.05) is 6.92 Å². The van der Waals surface area contributed by atoms with Crippen molar-refractivity contribution in [2.75, 3.05) is 23.8 Å². The van der Waals surface area contributed by atoms with Gasteiger partial charge in [0.15, 0.2) is 0 Å². The summed E-state index contributed by atoms with van der Waals surface area (Å²) in [4.78, 5) is 19.1. The minimum absolute atomic E-state index is 0.0657. The number of hydrogen-bond donors (Lipinski definition) is 3. The van der Waals surface area contributed by atoms with E-state index in [1.165, 1.54) is 0 Å². The summed E-state index contributed by atoms with van der Waals surface area (Å²) < 4.78 is 0. The number of nitrogens with zero attached hydrogens (tertiary/aromatic N) is 3. The molecule has 0 saturated heterocycles. The fourth-order valence-electron chi connectivity index (χ4n) is 2.74. The average molecular weight is 295 g/mol. The topological polar surface area (TPSA) is 113 Å². The van der Waals surface area contributed by atoms with Crippen molar-refractivity contribution in [1.29, 1.82) is 0 Å². The summed E-state index contributed by atoms with van der Waals surface area (Å²) >= 11 is 0. The summed E-state index contributed by atoms with van der Waals surface area (Å²) in [6.07, 6.45) is 3.54. The molecule has 0 atom stereocenters. The standard InChI is InChI=1S/C13H21N5O3/c1-3-14-12-15-9(2)10(18(20)21)11(16-12)17-13(8-19)6-4-5-7-13/h19H,3-8H2,1-2H3,(H2,14,15,16,17). The van der Waals surface area contributed by atoms with Gasteiger partial charge in [0.2, 0.25) is 11.8 Å². The molecule has 21 heavy (non-hydrogen) atoms. The van der Waals surface area contributed by atoms with Crippen molar-refractivity contribution < 1.29 is 10.0 Å². The number of aromatic nitrogens is 2. The van der Waals surface area contributed by atoms with Gasteiger partial charge >= 0.3 is 5.69 Å². The molecule has 1 aromatic heterocycles. The van der Waals surface area contributed by atoms with Crippen molar-refractivity contribution in [2.24, 2.45) is 0 Å². The van der Waals surface area contributed by atoms with Crippen LogP contribution in [0.2, 0.25) is 0 Å². The maximum absolute atomic E-state index is 11.3. The molecule has 0 spiro atoms. The molecule has 3 N–H and O–H groups in total. The molecule has 0 amide bonds. The maximum Gasteiger partial charge on any atom is 0.332 e. The van der Waals surface area contributed by atoms with Crippen LogP contribution in [0.25, 0.3) is 0 Å². The highest BCUT2D eigenvalue weighted by Crippen LogP contribution is 2.36. The number of nitro groups is 1. The number of nitrogens with one attached hydrogen (secondary N) is 2. The van der Waals surface area contributed by atoms with Crippen LogP contribution in [0.5, 0.6) is 0 Å². The second-order valence-corrected chi connectivity index (χ2v) is 5.39. The molecule has 8 heteroatoms. The molecule has 1 aliphatic rings. The molecule has 1 saturated carbocycles. The number of rotatable bonds is 6. The van der Waals surface area contributed by atoms with E-state index in [1.54, 1.807) is 6.92 Å². The predicted molar refractivity (Wildman–Crippen MR) is 79.5 cm³/mol. The first-order chi connectivity index (χ1) is 10.0. The van der Waals surface area contributed by atoms with E-state index in [9.17, 15) is 15.2 Å². The molecule has 1 fully saturated rings. The lowest BCUT2D eigenvalue weighted by Crippen LogP contribution is -2.39. The molecule has 2 rings (SSSR count). The zero-order valence-corrected chi connectivity index (χ0v) is 12.3. The van der Waals surface area contributed by atoms with E-state index in [0.29, 0.717) is 18.2 Å². The SMILES string of the molecule is CCNc1nc(C)c([N+](=O)[O-])c(NC2(CO)CCCC2)n1. The van der Waals surface area contributed by atoms with Crippen LogP contribution >= 0.6 is 0 Å². The summed E-state index contributed by atoms with van der Waals surface area (Å²) in [6, 6.07) is 0. The van der Waals surface area contributed by atoms with Crippen molar-refractivity contribution in [3.63, 3.8) is 0 Å². The van der Waals surface area contributed by atoms with E-state index < -0.39 is 10.5 Å². The van der Waals surface area contributed by atoms with Gasteiger partial charge in [-0.1, -0.05) is 12.8 Å². The first-order valence-electron chi connectivity index (χ1n) is 7.17. The quantitative estimate of drug-likeness (QED) is 0.542. The smallest absolute Gasteiger partial charge is 0.332 e. The van der Waals surface area contributed by atoms with Gasteiger partial charge in [-0.05, 0) is 26.7 Å². The van der Waals surface area contributed by atoms with E-state index in [0.717, 1.165) is 25.7 Å². The summed E-state index contributed by atoms with van der Waals surface area (Å²) in [5.41, 5.74) is -0.342. The molecule has 8 nitrogen and oxygen atoms in total. The molecule has 116 valence electrons. The van der Waals surface area contributed by atoms with Crippen LogP contribution in [0.4, 0.5) is 17.5 Å². The monoisotopic (exact) mass is 295 g/mol. The van der Waals surface area contributed by atoms with E-state index in [2.05, 4.69) is 20.6 Å². The maximum atomic E-state index is 11.3. The molecule has 0 bridgehead atoms. The van der Waals surface area contributed by atoms with Gasteiger partial charge in [0, 0.05) is 6.54 Å². The second kappa shape index (κ2) is 6.21. The van der Waals surface area contributed by atoms with Crippen molar-refractivity contribution in [3.8, 4) is 0 Å². The number of aliphatic hydroxyl groups is 1. The Hall–Kier alpha value is -1.96. The molecule has 0 aromatic carbocycles. The normalized spacial score (nSPS) is 16.7. The van der Waals surface area contributed by atoms with Gasteiger partial charge in [-0.2, -0.15) is 4.98 Å². The minimum Gasteiger partial charge on any atom is -0.394 e. The Labute approximate surface area is 123 Å². The van der Waals surface area contributed by atoms with Crippen LogP contribution in [-0.2, 0) is 0 Å². The zero-order valence-electron chi connectivity index (χ0n) is 12.3. The summed E-state index contributed by atoms with van der Waals surface area (Å²) in [5, 5.41) is 27.0. The Morgan fingerprint density at radius 1 is 1.38 bits per heavy atom. The van der Waals surface area contributed by atoms with Gasteiger partial charge in [-0.15, -0.1) is 0 Å². The highest BCUT2D eigenvalue weighted by atomic mass is 16.6. The Kier molecular flexibility index (Phi) is 4.56. The molecule has 1 aliphatic carbocycles. The second-order valence-electron chi connectivity index (χ2n) is 5.39. The summed E-state index contributed by atoms with van der Waals surface area (Å²) in [7, 11) is 0. The molecule has 0 unspecified atom stereocenters. The molecule has 0 aliphatic heterocycles. The molecular formula is C13H21N5O3. The van der Waals surface area contributed by atoms with Crippen LogP contribution in [0, 0.1) is 17.0 Å². The highest BCUT2D eigenvalue weighted by molar-refractivity contribution is 5.62. The predicted octanol–water partition coefficient (Wildman–Crippen LogP) is 1.84. The zero-order chi connectivity index (χ0) is 15.5. The molecule has 0 radical (unpaired) electrons. The summed E-state index contributed by atoms with van der Waals surface area (Å²) in [6.45, 7) is 4.05.